The Kier molecular flexibility index (Phi) is 3.26. The van der Waals surface area contributed by atoms with E-state index in [1.165, 1.54) is 37.5 Å². The molecule has 2 heterocycles. The lowest BCUT2D eigenvalue weighted by Crippen LogP contribution is -2.29. The van der Waals surface area contributed by atoms with Crippen molar-refractivity contribution in [1.82, 2.24) is 9.88 Å². The number of hydrogen-bond donors (Lipinski definition) is 1. The minimum atomic E-state index is -0.163. The van der Waals surface area contributed by atoms with E-state index in [-0.39, 0.29) is 11.8 Å². The van der Waals surface area contributed by atoms with Crippen LogP contribution in [-0.2, 0) is 4.79 Å². The third-order valence-corrected chi connectivity index (χ3v) is 4.78. The van der Waals surface area contributed by atoms with Crippen LogP contribution in [0.15, 0.2) is 5.38 Å². The Hall–Kier alpha value is -1.43. The van der Waals surface area contributed by atoms with E-state index >= 15 is 0 Å². The van der Waals surface area contributed by atoms with Gasteiger partial charge in [0.25, 0.3) is 5.91 Å². The summed E-state index contributed by atoms with van der Waals surface area (Å²) in [6.07, 6.45) is 3.81. The maximum Gasteiger partial charge on any atom is 0.273 e. The zero-order valence-electron chi connectivity index (χ0n) is 10.9. The number of fused-ring (bicyclic) bond motifs is 1. The zero-order chi connectivity index (χ0) is 13.4. The Morgan fingerprint density at radius 3 is 2.68 bits per heavy atom. The molecule has 2 atom stereocenters. The van der Waals surface area contributed by atoms with E-state index in [1.54, 1.807) is 5.38 Å². The van der Waals surface area contributed by atoms with Gasteiger partial charge in [0.15, 0.2) is 5.13 Å². The molecule has 0 aromatic carbocycles. The molecular weight excluding hydrogens is 262 g/mol. The minimum absolute atomic E-state index is 0.00209. The lowest BCUT2D eigenvalue weighted by atomic mass is 10.0. The van der Waals surface area contributed by atoms with Crippen molar-refractivity contribution in [3.8, 4) is 0 Å². The quantitative estimate of drug-likeness (QED) is 0.900. The maximum absolute atomic E-state index is 12.3. The van der Waals surface area contributed by atoms with E-state index < -0.39 is 0 Å². The fourth-order valence-electron chi connectivity index (χ4n) is 3.14. The Labute approximate surface area is 116 Å². The SMILES string of the molecule is CC(=O)Nc1nc(C(=O)N2CC3CCCC3C2)cs1. The summed E-state index contributed by atoms with van der Waals surface area (Å²) in [7, 11) is 0. The van der Waals surface area contributed by atoms with Crippen molar-refractivity contribution in [3.63, 3.8) is 0 Å². The van der Waals surface area contributed by atoms with Crippen molar-refractivity contribution in [2.45, 2.75) is 26.2 Å². The molecule has 2 amide bonds. The van der Waals surface area contributed by atoms with Crippen LogP contribution in [0.3, 0.4) is 0 Å². The Morgan fingerprint density at radius 2 is 2.05 bits per heavy atom. The van der Waals surface area contributed by atoms with Gasteiger partial charge in [-0.2, -0.15) is 0 Å². The van der Waals surface area contributed by atoms with Crippen molar-refractivity contribution < 1.29 is 9.59 Å². The van der Waals surface area contributed by atoms with Gasteiger partial charge >= 0.3 is 0 Å². The monoisotopic (exact) mass is 279 g/mol. The molecule has 1 aromatic rings. The van der Waals surface area contributed by atoms with Crippen LogP contribution in [0, 0.1) is 11.8 Å². The van der Waals surface area contributed by atoms with Gasteiger partial charge in [-0.15, -0.1) is 11.3 Å². The van der Waals surface area contributed by atoms with E-state index in [1.807, 2.05) is 4.90 Å². The summed E-state index contributed by atoms with van der Waals surface area (Å²) in [5.74, 6) is 1.22. The first kappa shape index (κ1) is 12.6. The second-order valence-electron chi connectivity index (χ2n) is 5.38. The minimum Gasteiger partial charge on any atom is -0.337 e. The van der Waals surface area contributed by atoms with Gasteiger partial charge in [-0.25, -0.2) is 4.98 Å². The molecule has 2 unspecified atom stereocenters. The van der Waals surface area contributed by atoms with Crippen LogP contribution in [0.1, 0.15) is 36.7 Å². The van der Waals surface area contributed by atoms with Gasteiger partial charge in [-0.05, 0) is 24.7 Å². The number of carbonyl (C=O) groups excluding carboxylic acids is 2. The molecule has 1 aliphatic heterocycles. The van der Waals surface area contributed by atoms with Crippen LogP contribution >= 0.6 is 11.3 Å². The Balaban J connectivity index is 1.67. The molecule has 5 nitrogen and oxygen atoms in total. The summed E-state index contributed by atoms with van der Waals surface area (Å²) >= 11 is 1.30. The average Bonchev–Trinajstić information content (AvgIpc) is 2.99. The van der Waals surface area contributed by atoms with Crippen LogP contribution in [0.4, 0.5) is 5.13 Å². The highest BCUT2D eigenvalue weighted by atomic mass is 32.1. The van der Waals surface area contributed by atoms with Gasteiger partial charge in [0.1, 0.15) is 5.69 Å². The molecule has 1 aromatic heterocycles. The fourth-order valence-corrected chi connectivity index (χ4v) is 3.87. The summed E-state index contributed by atoms with van der Waals surface area (Å²) in [5.41, 5.74) is 0.453. The van der Waals surface area contributed by atoms with Gasteiger partial charge in [-0.3, -0.25) is 9.59 Å². The van der Waals surface area contributed by atoms with Gasteiger partial charge < -0.3 is 10.2 Å². The summed E-state index contributed by atoms with van der Waals surface area (Å²) in [6.45, 7) is 3.18. The number of aromatic nitrogens is 1. The smallest absolute Gasteiger partial charge is 0.273 e. The van der Waals surface area contributed by atoms with Crippen molar-refractivity contribution in [3.05, 3.63) is 11.1 Å². The molecular formula is C13H17N3O2S. The maximum atomic E-state index is 12.3. The van der Waals surface area contributed by atoms with Gasteiger partial charge in [0.05, 0.1) is 0 Å². The second kappa shape index (κ2) is 4.92. The molecule has 19 heavy (non-hydrogen) atoms. The van der Waals surface area contributed by atoms with Crippen LogP contribution < -0.4 is 5.32 Å². The van der Waals surface area contributed by atoms with Crippen molar-refractivity contribution in [1.29, 1.82) is 0 Å². The van der Waals surface area contributed by atoms with E-state index in [4.69, 9.17) is 0 Å². The van der Waals surface area contributed by atoms with Crippen molar-refractivity contribution in [2.24, 2.45) is 11.8 Å². The highest BCUT2D eigenvalue weighted by Gasteiger charge is 2.38. The predicted molar refractivity (Wildman–Crippen MR) is 73.2 cm³/mol. The van der Waals surface area contributed by atoms with Gasteiger partial charge in [0.2, 0.25) is 5.91 Å². The summed E-state index contributed by atoms with van der Waals surface area (Å²) in [4.78, 5) is 29.4. The third-order valence-electron chi connectivity index (χ3n) is 4.02. The summed E-state index contributed by atoms with van der Waals surface area (Å²) < 4.78 is 0. The number of amides is 2. The molecule has 3 rings (SSSR count). The Bertz CT molecular complexity index is 502. The number of rotatable bonds is 2. The molecule has 1 saturated carbocycles. The topological polar surface area (TPSA) is 62.3 Å². The lowest BCUT2D eigenvalue weighted by molar-refractivity contribution is -0.114. The molecule has 6 heteroatoms. The predicted octanol–water partition coefficient (Wildman–Crippen LogP) is 1.97. The van der Waals surface area contributed by atoms with Crippen LogP contribution in [-0.4, -0.2) is 34.8 Å². The molecule has 2 aliphatic rings. The molecule has 102 valence electrons. The van der Waals surface area contributed by atoms with E-state index in [2.05, 4.69) is 10.3 Å². The first-order valence-corrected chi connectivity index (χ1v) is 7.54. The third kappa shape index (κ3) is 2.49. The first-order valence-electron chi connectivity index (χ1n) is 6.66. The largest absolute Gasteiger partial charge is 0.337 e. The average molecular weight is 279 g/mol. The van der Waals surface area contributed by atoms with Gasteiger partial charge in [-0.1, -0.05) is 6.42 Å². The molecule has 0 bridgehead atoms. The zero-order valence-corrected chi connectivity index (χ0v) is 11.7. The molecule has 2 fully saturated rings. The van der Waals surface area contributed by atoms with E-state index in [9.17, 15) is 9.59 Å². The van der Waals surface area contributed by atoms with Crippen LogP contribution in [0.25, 0.3) is 0 Å². The van der Waals surface area contributed by atoms with E-state index in [0.717, 1.165) is 13.1 Å². The second-order valence-corrected chi connectivity index (χ2v) is 6.24. The Morgan fingerprint density at radius 1 is 1.37 bits per heavy atom. The molecule has 1 N–H and O–H groups in total. The fraction of sp³-hybridized carbons (Fsp3) is 0.615. The molecule has 0 radical (unpaired) electrons. The van der Waals surface area contributed by atoms with E-state index in [0.29, 0.717) is 22.7 Å². The summed E-state index contributed by atoms with van der Waals surface area (Å²) in [6, 6.07) is 0. The molecule has 1 saturated heterocycles. The molecule has 1 aliphatic carbocycles. The number of likely N-dealkylation sites (tertiary alicyclic amines) is 1. The number of hydrogen-bond acceptors (Lipinski definition) is 4. The summed E-state index contributed by atoms with van der Waals surface area (Å²) in [5, 5.41) is 4.83. The number of nitrogens with one attached hydrogen (secondary N) is 1. The number of nitrogens with zero attached hydrogens (tertiary/aromatic N) is 2. The number of thiazole rings is 1. The van der Waals surface area contributed by atoms with Crippen LogP contribution in [0.5, 0.6) is 0 Å². The molecule has 0 spiro atoms. The van der Waals surface area contributed by atoms with Crippen molar-refractivity contribution in [2.75, 3.05) is 18.4 Å². The normalized spacial score (nSPS) is 25.4. The highest BCUT2D eigenvalue weighted by Crippen LogP contribution is 2.38. The lowest BCUT2D eigenvalue weighted by Gasteiger charge is -2.15. The number of anilines is 1. The first-order chi connectivity index (χ1) is 9.13. The highest BCUT2D eigenvalue weighted by molar-refractivity contribution is 7.14. The van der Waals surface area contributed by atoms with Gasteiger partial charge in [0, 0.05) is 25.4 Å². The standard InChI is InChI=1S/C13H17N3O2S/c1-8(17)14-13-15-11(7-19-13)12(18)16-5-9-3-2-4-10(9)6-16/h7,9-10H,2-6H2,1H3,(H,14,15,17). The van der Waals surface area contributed by atoms with Crippen molar-refractivity contribution >= 4 is 28.3 Å². The van der Waals surface area contributed by atoms with Crippen LogP contribution in [0.2, 0.25) is 0 Å². The number of carbonyl (C=O) groups is 2.